The van der Waals surface area contributed by atoms with E-state index in [0.29, 0.717) is 6.61 Å². The lowest BCUT2D eigenvalue weighted by atomic mass is 10.2. The van der Waals surface area contributed by atoms with Crippen molar-refractivity contribution in [1.29, 1.82) is 0 Å². The summed E-state index contributed by atoms with van der Waals surface area (Å²) in [6.07, 6.45) is 0.831. The summed E-state index contributed by atoms with van der Waals surface area (Å²) in [6, 6.07) is 8.08. The number of nitrogens with one attached hydrogen (secondary N) is 1. The molecular weight excluding hydrogens is 286 g/mol. The molecule has 2 aromatic rings. The number of aromatic nitrogens is 2. The Labute approximate surface area is 131 Å². The number of rotatable bonds is 7. The van der Waals surface area contributed by atoms with Crippen molar-refractivity contribution >= 4 is 11.6 Å². The van der Waals surface area contributed by atoms with E-state index >= 15 is 0 Å². The first kappa shape index (κ1) is 15.9. The number of aryl methyl sites for hydroxylation is 2. The number of benzene rings is 1. The highest BCUT2D eigenvalue weighted by Crippen LogP contribution is 2.23. The molecule has 21 heavy (non-hydrogen) atoms. The van der Waals surface area contributed by atoms with Gasteiger partial charge in [0.15, 0.2) is 0 Å². The van der Waals surface area contributed by atoms with Gasteiger partial charge in [-0.05, 0) is 38.1 Å². The van der Waals surface area contributed by atoms with Crippen molar-refractivity contribution in [2.75, 3.05) is 7.05 Å². The zero-order chi connectivity index (χ0) is 15.2. The topological polar surface area (TPSA) is 39.1 Å². The lowest BCUT2D eigenvalue weighted by Crippen LogP contribution is -2.07. The van der Waals surface area contributed by atoms with Crippen LogP contribution >= 0.6 is 11.6 Å². The minimum Gasteiger partial charge on any atom is -0.487 e. The molecule has 0 fully saturated rings. The molecule has 114 valence electrons. The first-order valence-electron chi connectivity index (χ1n) is 7.30. The standard InChI is InChI=1S/C16H22ClN3O/c1-4-14-16(17)15(20(5-2)19-14)11-21-13-8-6-12(7-9-13)10-18-3/h6-9,18H,4-5,10-11H2,1-3H3. The predicted octanol–water partition coefficient (Wildman–Crippen LogP) is 3.42. The van der Waals surface area contributed by atoms with Crippen molar-refractivity contribution in [2.45, 2.75) is 40.0 Å². The third kappa shape index (κ3) is 3.77. The fourth-order valence-electron chi connectivity index (χ4n) is 2.21. The van der Waals surface area contributed by atoms with Crippen LogP contribution in [0.2, 0.25) is 5.02 Å². The zero-order valence-corrected chi connectivity index (χ0v) is 13.6. The van der Waals surface area contributed by atoms with Crippen LogP contribution in [0.4, 0.5) is 0 Å². The van der Waals surface area contributed by atoms with Gasteiger partial charge < -0.3 is 10.1 Å². The lowest BCUT2D eigenvalue weighted by Gasteiger charge is -2.09. The third-order valence-electron chi connectivity index (χ3n) is 3.37. The minimum absolute atomic E-state index is 0.436. The van der Waals surface area contributed by atoms with Gasteiger partial charge >= 0.3 is 0 Å². The molecule has 4 nitrogen and oxygen atoms in total. The van der Waals surface area contributed by atoms with Gasteiger partial charge in [0, 0.05) is 13.1 Å². The molecule has 0 aliphatic rings. The zero-order valence-electron chi connectivity index (χ0n) is 12.8. The smallest absolute Gasteiger partial charge is 0.131 e. The largest absolute Gasteiger partial charge is 0.487 e. The number of halogens is 1. The van der Waals surface area contributed by atoms with Crippen LogP contribution in [0.5, 0.6) is 5.75 Å². The molecule has 2 rings (SSSR count). The molecule has 0 saturated heterocycles. The Morgan fingerprint density at radius 3 is 2.52 bits per heavy atom. The number of hydrogen-bond donors (Lipinski definition) is 1. The quantitative estimate of drug-likeness (QED) is 0.852. The Bertz CT molecular complexity index is 578. The van der Waals surface area contributed by atoms with E-state index in [0.717, 1.165) is 41.7 Å². The van der Waals surface area contributed by atoms with Crippen LogP contribution in [0, 0.1) is 0 Å². The van der Waals surface area contributed by atoms with Crippen LogP contribution in [0.15, 0.2) is 24.3 Å². The van der Waals surface area contributed by atoms with E-state index in [4.69, 9.17) is 16.3 Å². The van der Waals surface area contributed by atoms with Crippen molar-refractivity contribution in [1.82, 2.24) is 15.1 Å². The van der Waals surface area contributed by atoms with Gasteiger partial charge in [-0.3, -0.25) is 4.68 Å². The van der Waals surface area contributed by atoms with Gasteiger partial charge in [-0.25, -0.2) is 0 Å². The van der Waals surface area contributed by atoms with E-state index in [9.17, 15) is 0 Å². The Kier molecular flexibility index (Phi) is 5.65. The average molecular weight is 308 g/mol. The molecule has 1 heterocycles. The second-order valence-corrected chi connectivity index (χ2v) is 5.22. The van der Waals surface area contributed by atoms with Crippen LogP contribution in [0.25, 0.3) is 0 Å². The summed E-state index contributed by atoms with van der Waals surface area (Å²) >= 11 is 6.37. The van der Waals surface area contributed by atoms with Crippen molar-refractivity contribution in [3.8, 4) is 5.75 Å². The van der Waals surface area contributed by atoms with Crippen LogP contribution < -0.4 is 10.1 Å². The highest BCUT2D eigenvalue weighted by atomic mass is 35.5. The van der Waals surface area contributed by atoms with Gasteiger partial charge in [0.1, 0.15) is 12.4 Å². The number of nitrogens with zero attached hydrogens (tertiary/aromatic N) is 2. The Morgan fingerprint density at radius 1 is 1.24 bits per heavy atom. The third-order valence-corrected chi connectivity index (χ3v) is 3.81. The van der Waals surface area contributed by atoms with Gasteiger partial charge in [-0.1, -0.05) is 30.7 Å². The molecule has 0 aliphatic carbocycles. The summed E-state index contributed by atoms with van der Waals surface area (Å²) < 4.78 is 7.75. The number of hydrogen-bond acceptors (Lipinski definition) is 3. The molecule has 0 bridgehead atoms. The summed E-state index contributed by atoms with van der Waals surface area (Å²) in [7, 11) is 1.93. The molecule has 0 saturated carbocycles. The normalized spacial score (nSPS) is 10.9. The van der Waals surface area contributed by atoms with Crippen LogP contribution in [0.1, 0.15) is 30.8 Å². The number of ether oxygens (including phenoxy) is 1. The molecule has 0 unspecified atom stereocenters. The summed E-state index contributed by atoms with van der Waals surface area (Å²) in [4.78, 5) is 0. The maximum atomic E-state index is 6.37. The van der Waals surface area contributed by atoms with Crippen LogP contribution in [0.3, 0.4) is 0 Å². The first-order chi connectivity index (χ1) is 10.2. The molecular formula is C16H22ClN3O. The van der Waals surface area contributed by atoms with E-state index < -0.39 is 0 Å². The van der Waals surface area contributed by atoms with Gasteiger partial charge in [-0.2, -0.15) is 5.10 Å². The maximum Gasteiger partial charge on any atom is 0.131 e. The molecule has 0 aliphatic heterocycles. The second kappa shape index (κ2) is 7.48. The molecule has 0 spiro atoms. The van der Waals surface area contributed by atoms with E-state index in [-0.39, 0.29) is 0 Å². The van der Waals surface area contributed by atoms with E-state index in [1.54, 1.807) is 0 Å². The fraction of sp³-hybridized carbons (Fsp3) is 0.438. The second-order valence-electron chi connectivity index (χ2n) is 4.84. The SMILES string of the molecule is CCc1nn(CC)c(COc2ccc(CNC)cc2)c1Cl. The van der Waals surface area contributed by atoms with Crippen LogP contribution in [-0.2, 0) is 26.1 Å². The van der Waals surface area contributed by atoms with Gasteiger partial charge in [0.25, 0.3) is 0 Å². The summed E-state index contributed by atoms with van der Waals surface area (Å²) in [5.74, 6) is 0.841. The molecule has 0 atom stereocenters. The van der Waals surface area contributed by atoms with Crippen LogP contribution in [-0.4, -0.2) is 16.8 Å². The van der Waals surface area contributed by atoms with Crippen molar-refractivity contribution in [3.63, 3.8) is 0 Å². The highest BCUT2D eigenvalue weighted by molar-refractivity contribution is 6.31. The van der Waals surface area contributed by atoms with Gasteiger partial charge in [0.05, 0.1) is 16.4 Å². The predicted molar refractivity (Wildman–Crippen MR) is 85.8 cm³/mol. The monoisotopic (exact) mass is 307 g/mol. The van der Waals surface area contributed by atoms with Crippen molar-refractivity contribution < 1.29 is 4.74 Å². The Morgan fingerprint density at radius 2 is 1.95 bits per heavy atom. The Hall–Kier alpha value is -1.52. The summed E-state index contributed by atoms with van der Waals surface area (Å²) in [5, 5.41) is 8.34. The van der Waals surface area contributed by atoms with E-state index in [1.807, 2.05) is 23.9 Å². The fourth-order valence-corrected chi connectivity index (χ4v) is 2.54. The van der Waals surface area contributed by atoms with Gasteiger partial charge in [-0.15, -0.1) is 0 Å². The molecule has 1 aromatic heterocycles. The average Bonchev–Trinajstić information content (AvgIpc) is 2.82. The van der Waals surface area contributed by atoms with Crippen molar-refractivity contribution in [2.24, 2.45) is 0 Å². The minimum atomic E-state index is 0.436. The highest BCUT2D eigenvalue weighted by Gasteiger charge is 2.14. The molecule has 1 N–H and O–H groups in total. The molecule has 0 radical (unpaired) electrons. The summed E-state index contributed by atoms with van der Waals surface area (Å²) in [5.41, 5.74) is 3.10. The first-order valence-corrected chi connectivity index (χ1v) is 7.67. The van der Waals surface area contributed by atoms with E-state index in [1.165, 1.54) is 5.56 Å². The lowest BCUT2D eigenvalue weighted by molar-refractivity contribution is 0.292. The van der Waals surface area contributed by atoms with Gasteiger partial charge in [0.2, 0.25) is 0 Å². The molecule has 5 heteroatoms. The molecule has 0 amide bonds. The van der Waals surface area contributed by atoms with Crippen molar-refractivity contribution in [3.05, 3.63) is 46.2 Å². The summed E-state index contributed by atoms with van der Waals surface area (Å²) in [6.45, 7) is 6.19. The Balaban J connectivity index is 2.07. The maximum absolute atomic E-state index is 6.37. The van der Waals surface area contributed by atoms with E-state index in [2.05, 4.69) is 36.4 Å². The molecule has 1 aromatic carbocycles.